The lowest BCUT2D eigenvalue weighted by Gasteiger charge is -2.21. The second-order valence-corrected chi connectivity index (χ2v) is 8.47. The van der Waals surface area contributed by atoms with E-state index in [2.05, 4.69) is 0 Å². The summed E-state index contributed by atoms with van der Waals surface area (Å²) in [5.41, 5.74) is 1.27. The number of rotatable bonds is 5. The molecule has 24 heavy (non-hydrogen) atoms. The van der Waals surface area contributed by atoms with Gasteiger partial charge in [-0.3, -0.25) is 0 Å². The molecule has 0 bridgehead atoms. The van der Waals surface area contributed by atoms with E-state index in [1.807, 2.05) is 47.8 Å². The highest BCUT2D eigenvalue weighted by molar-refractivity contribution is 8.16. The molecule has 2 heterocycles. The summed E-state index contributed by atoms with van der Waals surface area (Å²) >= 11 is 3.93. The van der Waals surface area contributed by atoms with E-state index < -0.39 is 18.0 Å². The van der Waals surface area contributed by atoms with Crippen molar-refractivity contribution < 1.29 is 23.8 Å². The van der Waals surface area contributed by atoms with Gasteiger partial charge in [0.1, 0.15) is 11.9 Å². The Morgan fingerprint density at radius 1 is 1.25 bits per heavy atom. The molecular formula is C17H20O5S2. The summed E-state index contributed by atoms with van der Waals surface area (Å²) in [5.74, 6) is 1.97. The Morgan fingerprint density at radius 3 is 2.58 bits per heavy atom. The van der Waals surface area contributed by atoms with E-state index in [1.54, 1.807) is 6.92 Å². The lowest BCUT2D eigenvalue weighted by atomic mass is 10.2. The maximum absolute atomic E-state index is 11.8. The topological polar surface area (TPSA) is 61.8 Å². The van der Waals surface area contributed by atoms with Gasteiger partial charge in [0, 0.05) is 6.42 Å². The van der Waals surface area contributed by atoms with Crippen molar-refractivity contribution in [1.82, 2.24) is 0 Å². The van der Waals surface area contributed by atoms with Crippen LogP contribution in [0.5, 0.6) is 5.75 Å². The van der Waals surface area contributed by atoms with Crippen LogP contribution in [0.15, 0.2) is 24.3 Å². The number of carbonyl (C=O) groups excluding carboxylic acids is 2. The highest BCUT2D eigenvalue weighted by Gasteiger charge is 2.35. The maximum atomic E-state index is 11.8. The molecule has 5 nitrogen and oxygen atoms in total. The normalized spacial score (nSPS) is 24.5. The van der Waals surface area contributed by atoms with Gasteiger partial charge in [-0.15, -0.1) is 23.5 Å². The third-order valence-corrected chi connectivity index (χ3v) is 6.75. The largest absolute Gasteiger partial charge is 0.482 e. The highest BCUT2D eigenvalue weighted by Crippen LogP contribution is 2.43. The van der Waals surface area contributed by atoms with Crippen LogP contribution in [0.2, 0.25) is 0 Å². The molecule has 2 aliphatic heterocycles. The van der Waals surface area contributed by atoms with Gasteiger partial charge in [0.15, 0.2) is 6.61 Å². The number of esters is 2. The van der Waals surface area contributed by atoms with Crippen LogP contribution in [0.4, 0.5) is 0 Å². The molecule has 3 rings (SSSR count). The summed E-state index contributed by atoms with van der Waals surface area (Å²) in [5, 5.41) is 0. The minimum absolute atomic E-state index is 0.209. The molecule has 0 amide bonds. The van der Waals surface area contributed by atoms with Crippen molar-refractivity contribution in [1.29, 1.82) is 0 Å². The molecule has 0 unspecified atom stereocenters. The van der Waals surface area contributed by atoms with Gasteiger partial charge in [0.2, 0.25) is 6.10 Å². The molecule has 0 radical (unpaired) electrons. The first-order valence-electron chi connectivity index (χ1n) is 7.98. The zero-order valence-electron chi connectivity index (χ0n) is 13.4. The quantitative estimate of drug-likeness (QED) is 0.740. The highest BCUT2D eigenvalue weighted by atomic mass is 32.2. The summed E-state index contributed by atoms with van der Waals surface area (Å²) in [6, 6.07) is 7.80. The SMILES string of the molecule is C[C@H]1C[C@H](OC(=O)COc2ccc(C3SCCCS3)cc2)C(=O)O1. The Kier molecular flexibility index (Phi) is 5.94. The minimum Gasteiger partial charge on any atom is -0.482 e. The van der Waals surface area contributed by atoms with Crippen molar-refractivity contribution in [2.45, 2.75) is 36.6 Å². The zero-order chi connectivity index (χ0) is 16.9. The molecule has 0 saturated carbocycles. The monoisotopic (exact) mass is 368 g/mol. The van der Waals surface area contributed by atoms with Crippen molar-refractivity contribution in [3.8, 4) is 5.75 Å². The van der Waals surface area contributed by atoms with Crippen LogP contribution < -0.4 is 4.74 Å². The second kappa shape index (κ2) is 8.16. The molecule has 1 aromatic carbocycles. The fraction of sp³-hybridized carbons (Fsp3) is 0.529. The van der Waals surface area contributed by atoms with E-state index in [4.69, 9.17) is 14.2 Å². The predicted molar refractivity (Wildman–Crippen MR) is 94.3 cm³/mol. The van der Waals surface area contributed by atoms with Crippen LogP contribution in [0.25, 0.3) is 0 Å². The van der Waals surface area contributed by atoms with Crippen molar-refractivity contribution in [3.05, 3.63) is 29.8 Å². The number of hydrogen-bond donors (Lipinski definition) is 0. The Bertz CT molecular complexity index is 583. The van der Waals surface area contributed by atoms with Crippen molar-refractivity contribution in [2.24, 2.45) is 0 Å². The number of carbonyl (C=O) groups is 2. The molecule has 2 saturated heterocycles. The zero-order valence-corrected chi connectivity index (χ0v) is 15.1. The predicted octanol–water partition coefficient (Wildman–Crippen LogP) is 3.18. The van der Waals surface area contributed by atoms with E-state index >= 15 is 0 Å². The van der Waals surface area contributed by atoms with E-state index in [0.29, 0.717) is 16.8 Å². The molecule has 2 aliphatic rings. The van der Waals surface area contributed by atoms with Gasteiger partial charge in [0.25, 0.3) is 0 Å². The average Bonchev–Trinajstić information content (AvgIpc) is 2.91. The molecule has 1 aromatic rings. The summed E-state index contributed by atoms with van der Waals surface area (Å²) in [7, 11) is 0. The molecule has 0 aliphatic carbocycles. The van der Waals surface area contributed by atoms with E-state index in [1.165, 1.54) is 23.5 Å². The first-order valence-corrected chi connectivity index (χ1v) is 10.1. The molecule has 0 N–H and O–H groups in total. The molecule has 0 spiro atoms. The number of cyclic esters (lactones) is 1. The van der Waals surface area contributed by atoms with Gasteiger partial charge >= 0.3 is 11.9 Å². The fourth-order valence-corrected chi connectivity index (χ4v) is 5.45. The van der Waals surface area contributed by atoms with Crippen LogP contribution in [0.1, 0.15) is 29.9 Å². The second-order valence-electron chi connectivity index (χ2n) is 5.75. The van der Waals surface area contributed by atoms with Gasteiger partial charge in [-0.05, 0) is 42.5 Å². The average molecular weight is 368 g/mol. The third kappa shape index (κ3) is 4.60. The van der Waals surface area contributed by atoms with Gasteiger partial charge in [0.05, 0.1) is 4.58 Å². The molecule has 2 atom stereocenters. The van der Waals surface area contributed by atoms with Crippen LogP contribution in [-0.2, 0) is 19.1 Å². The summed E-state index contributed by atoms with van der Waals surface area (Å²) < 4.78 is 16.0. The summed E-state index contributed by atoms with van der Waals surface area (Å²) in [6.07, 6.45) is 0.649. The molecule has 0 aromatic heterocycles. The molecule has 130 valence electrons. The van der Waals surface area contributed by atoms with Crippen LogP contribution in [0, 0.1) is 0 Å². The van der Waals surface area contributed by atoms with Gasteiger partial charge < -0.3 is 14.2 Å². The van der Waals surface area contributed by atoms with Crippen LogP contribution in [-0.4, -0.2) is 42.3 Å². The minimum atomic E-state index is -0.807. The molecule has 2 fully saturated rings. The third-order valence-electron chi connectivity index (χ3n) is 3.74. The van der Waals surface area contributed by atoms with Crippen molar-refractivity contribution in [2.75, 3.05) is 18.1 Å². The lowest BCUT2D eigenvalue weighted by Crippen LogP contribution is -2.26. The number of benzene rings is 1. The van der Waals surface area contributed by atoms with E-state index in [9.17, 15) is 9.59 Å². The Hall–Kier alpha value is -1.34. The summed E-state index contributed by atoms with van der Waals surface area (Å²) in [6.45, 7) is 1.55. The Morgan fingerprint density at radius 2 is 1.96 bits per heavy atom. The number of thioether (sulfide) groups is 2. The van der Waals surface area contributed by atoms with Crippen LogP contribution in [0.3, 0.4) is 0 Å². The smallest absolute Gasteiger partial charge is 0.347 e. The molecule has 7 heteroatoms. The lowest BCUT2D eigenvalue weighted by molar-refractivity contribution is -0.162. The van der Waals surface area contributed by atoms with Gasteiger partial charge in [-0.1, -0.05) is 12.1 Å². The first-order chi connectivity index (χ1) is 11.6. The fourth-order valence-electron chi connectivity index (χ4n) is 2.55. The van der Waals surface area contributed by atoms with E-state index in [-0.39, 0.29) is 12.7 Å². The number of ether oxygens (including phenoxy) is 3. The first kappa shape index (κ1) is 17.5. The number of hydrogen-bond acceptors (Lipinski definition) is 7. The Balaban J connectivity index is 1.46. The van der Waals surface area contributed by atoms with Crippen LogP contribution >= 0.6 is 23.5 Å². The van der Waals surface area contributed by atoms with E-state index in [0.717, 1.165) is 0 Å². The van der Waals surface area contributed by atoms with Gasteiger partial charge in [-0.2, -0.15) is 0 Å². The standard InChI is InChI=1S/C17H20O5S2/c1-11-9-14(16(19)21-11)22-15(18)10-20-13-5-3-12(4-6-13)17-23-7-2-8-24-17/h3-6,11,14,17H,2,7-10H2,1H3/t11-,14-/m0/s1. The Labute approximate surface area is 149 Å². The van der Waals surface area contributed by atoms with Crippen molar-refractivity contribution in [3.63, 3.8) is 0 Å². The van der Waals surface area contributed by atoms with Crippen molar-refractivity contribution >= 4 is 35.5 Å². The summed E-state index contributed by atoms with van der Waals surface area (Å²) in [4.78, 5) is 23.2. The maximum Gasteiger partial charge on any atom is 0.347 e. The molecular weight excluding hydrogens is 348 g/mol. The van der Waals surface area contributed by atoms with Gasteiger partial charge in [-0.25, -0.2) is 9.59 Å².